The van der Waals surface area contributed by atoms with Gasteiger partial charge >= 0.3 is 0 Å². The Bertz CT molecular complexity index is 1060. The van der Waals surface area contributed by atoms with Crippen LogP contribution in [0.1, 0.15) is 26.7 Å². The Morgan fingerprint density at radius 3 is 2.29 bits per heavy atom. The molecule has 16 unspecified atom stereocenters. The van der Waals surface area contributed by atoms with Crippen molar-refractivity contribution in [2.75, 3.05) is 26.7 Å². The van der Waals surface area contributed by atoms with Crippen LogP contribution in [0.3, 0.4) is 0 Å². The van der Waals surface area contributed by atoms with Gasteiger partial charge in [0.15, 0.2) is 24.1 Å². The molecule has 0 aromatic carbocycles. The molecule has 2 heterocycles. The van der Waals surface area contributed by atoms with Crippen LogP contribution in [-0.4, -0.2) is 171 Å². The van der Waals surface area contributed by atoms with Crippen molar-refractivity contribution >= 4 is 11.9 Å². The lowest BCUT2D eigenvalue weighted by atomic mass is 9.83. The third-order valence-corrected chi connectivity index (χ3v) is 8.92. The molecule has 19 heteroatoms. The van der Waals surface area contributed by atoms with Crippen molar-refractivity contribution in [3.8, 4) is 0 Å². The highest BCUT2D eigenvalue weighted by atomic mass is 16.7. The second-order valence-corrected chi connectivity index (χ2v) is 12.5. The topological polar surface area (TPSA) is 322 Å². The van der Waals surface area contributed by atoms with Crippen molar-refractivity contribution in [2.45, 2.75) is 123 Å². The number of hydrogen-bond acceptors (Lipinski definition) is 16. The van der Waals surface area contributed by atoms with Gasteiger partial charge in [-0.05, 0) is 26.9 Å². The smallest absolute Gasteiger partial charge is 0.254 e. The maximum absolute atomic E-state index is 13.2. The molecule has 0 aromatic rings. The van der Waals surface area contributed by atoms with Crippen molar-refractivity contribution in [1.29, 1.82) is 0 Å². The van der Waals surface area contributed by atoms with E-state index in [0.717, 1.165) is 0 Å². The number of aliphatic hydroxyl groups is 7. The molecular formula is C26H49N7O12. The lowest BCUT2D eigenvalue weighted by Crippen LogP contribution is -2.70. The zero-order valence-corrected chi connectivity index (χ0v) is 25.5. The Kier molecular flexibility index (Phi) is 11.3. The lowest BCUT2D eigenvalue weighted by Gasteiger charge is -2.49. The summed E-state index contributed by atoms with van der Waals surface area (Å²) in [7, 11) is 1.53. The number of hydrogen-bond donors (Lipinski definition) is 13. The zero-order valence-electron chi connectivity index (χ0n) is 25.5. The fourth-order valence-corrected chi connectivity index (χ4v) is 6.20. The van der Waals surface area contributed by atoms with Crippen molar-refractivity contribution < 1.29 is 59.5 Å². The van der Waals surface area contributed by atoms with E-state index in [4.69, 9.17) is 36.1 Å². The fourth-order valence-electron chi connectivity index (χ4n) is 6.20. The third-order valence-electron chi connectivity index (χ3n) is 8.92. The molecule has 2 aliphatic carbocycles. The molecule has 16 atom stereocenters. The number of guanidine groups is 1. The average Bonchev–Trinajstić information content (AvgIpc) is 3.62. The number of aliphatic imine (C=N–C) groups is 1. The van der Waals surface area contributed by atoms with Crippen molar-refractivity contribution in [3.63, 3.8) is 0 Å². The van der Waals surface area contributed by atoms with E-state index in [9.17, 15) is 40.5 Å². The van der Waals surface area contributed by atoms with Crippen LogP contribution < -0.4 is 33.2 Å². The molecule has 4 aliphatic rings. The van der Waals surface area contributed by atoms with E-state index >= 15 is 0 Å². The highest BCUT2D eigenvalue weighted by Gasteiger charge is 2.61. The molecule has 16 N–H and O–H groups in total. The normalized spacial score (nSPS) is 48.4. The van der Waals surface area contributed by atoms with Crippen molar-refractivity contribution in [2.24, 2.45) is 22.2 Å². The number of ether oxygens (including phenoxy) is 4. The minimum absolute atomic E-state index is 0.0577. The van der Waals surface area contributed by atoms with E-state index in [1.807, 2.05) is 6.92 Å². The number of carbonyl (C=O) groups excluding carboxylic acids is 1. The number of aliphatic hydroxyl groups excluding tert-OH is 5. The summed E-state index contributed by atoms with van der Waals surface area (Å²) < 4.78 is 23.3. The molecule has 0 radical (unpaired) electrons. The van der Waals surface area contributed by atoms with Gasteiger partial charge in [0, 0.05) is 19.0 Å². The summed E-state index contributed by atoms with van der Waals surface area (Å²) in [5, 5.41) is 83.9. The van der Waals surface area contributed by atoms with Gasteiger partial charge in [0.25, 0.3) is 5.91 Å². The summed E-state index contributed by atoms with van der Waals surface area (Å²) in [5.74, 6) is -1.17. The van der Waals surface area contributed by atoms with Crippen LogP contribution in [0.25, 0.3) is 0 Å². The standard InChI is InChI=1S/C26H49N7O12/c1-4-31-7-11-13(34)14(35)15(36)22(43-11)44-18-9(27)5-10(32-23(39)26(41)6-12(26)33-24(28)29)19(16(18)37)45-21-17(38)20(30-3)25(2,40)8-42-21/h9-22,30-31,34-38,40-41H,4-8,27H2,1-3H3,(H,32,39)(H4,28,29,33). The number of nitrogens with zero attached hydrogens (tertiary/aromatic N) is 1. The summed E-state index contributed by atoms with van der Waals surface area (Å²) in [5.41, 5.74) is 13.8. The molecule has 2 aliphatic heterocycles. The van der Waals surface area contributed by atoms with Crippen LogP contribution in [0, 0.1) is 0 Å². The molecule has 1 amide bonds. The maximum Gasteiger partial charge on any atom is 0.254 e. The Morgan fingerprint density at radius 2 is 1.67 bits per heavy atom. The predicted octanol–water partition coefficient (Wildman–Crippen LogP) is -7.42. The van der Waals surface area contributed by atoms with Crippen LogP contribution in [-0.2, 0) is 23.7 Å². The maximum atomic E-state index is 13.2. The van der Waals surface area contributed by atoms with Crippen LogP contribution in [0.2, 0.25) is 0 Å². The van der Waals surface area contributed by atoms with Gasteiger partial charge in [-0.2, -0.15) is 0 Å². The number of nitrogens with two attached hydrogens (primary N) is 3. The van der Waals surface area contributed by atoms with Gasteiger partial charge < -0.3 is 87.8 Å². The first-order valence-electron chi connectivity index (χ1n) is 15.0. The molecule has 0 bridgehead atoms. The van der Waals surface area contributed by atoms with Crippen molar-refractivity contribution in [1.82, 2.24) is 16.0 Å². The average molecular weight is 652 g/mol. The van der Waals surface area contributed by atoms with Crippen LogP contribution in [0.4, 0.5) is 0 Å². The van der Waals surface area contributed by atoms with Gasteiger partial charge in [0.1, 0.15) is 54.4 Å². The summed E-state index contributed by atoms with van der Waals surface area (Å²) >= 11 is 0. The Labute approximate surface area is 260 Å². The summed E-state index contributed by atoms with van der Waals surface area (Å²) in [6.07, 6.45) is -14.7. The van der Waals surface area contributed by atoms with Gasteiger partial charge in [-0.3, -0.25) is 4.79 Å². The second kappa shape index (κ2) is 14.1. The van der Waals surface area contributed by atoms with E-state index in [-0.39, 0.29) is 32.0 Å². The van der Waals surface area contributed by atoms with Gasteiger partial charge in [0.05, 0.1) is 24.7 Å². The Hall–Kier alpha value is -1.82. The number of amides is 1. The van der Waals surface area contributed by atoms with Gasteiger partial charge in [-0.1, -0.05) is 6.92 Å². The highest BCUT2D eigenvalue weighted by Crippen LogP contribution is 2.40. The Morgan fingerprint density at radius 1 is 1.00 bits per heavy atom. The first-order valence-corrected chi connectivity index (χ1v) is 15.0. The minimum Gasteiger partial charge on any atom is -0.388 e. The molecule has 19 nitrogen and oxygen atoms in total. The van der Waals surface area contributed by atoms with Crippen LogP contribution in [0.5, 0.6) is 0 Å². The van der Waals surface area contributed by atoms with Crippen LogP contribution in [0.15, 0.2) is 4.99 Å². The molecule has 45 heavy (non-hydrogen) atoms. The SMILES string of the molecule is CCNCC1OC(OC2C(N)CC(NC(=O)C3(O)CC3N=C(N)N)C(OC3OCC(C)(O)C(NC)C3O)C2O)C(O)C(O)C1O. The first kappa shape index (κ1) is 36.0. The molecule has 2 saturated heterocycles. The number of likely N-dealkylation sites (N-methyl/N-ethyl adjacent to an activating group) is 2. The van der Waals surface area contributed by atoms with Gasteiger partial charge in [-0.15, -0.1) is 0 Å². The first-order chi connectivity index (χ1) is 21.0. The molecule has 4 fully saturated rings. The van der Waals surface area contributed by atoms with Gasteiger partial charge in [0.2, 0.25) is 0 Å². The molecular weight excluding hydrogens is 602 g/mol. The second-order valence-electron chi connectivity index (χ2n) is 12.5. The number of carbonyl (C=O) groups is 1. The van der Waals surface area contributed by atoms with E-state index < -0.39 is 103 Å². The summed E-state index contributed by atoms with van der Waals surface area (Å²) in [6.45, 7) is 3.70. The van der Waals surface area contributed by atoms with Gasteiger partial charge in [-0.25, -0.2) is 4.99 Å². The monoisotopic (exact) mass is 651 g/mol. The quantitative estimate of drug-likeness (QED) is 0.0728. The van der Waals surface area contributed by atoms with E-state index in [2.05, 4.69) is 20.9 Å². The van der Waals surface area contributed by atoms with E-state index in [1.165, 1.54) is 14.0 Å². The summed E-state index contributed by atoms with van der Waals surface area (Å²) in [6, 6.07) is -3.89. The number of rotatable bonds is 11. The van der Waals surface area contributed by atoms with E-state index in [1.54, 1.807) is 0 Å². The highest BCUT2D eigenvalue weighted by molar-refractivity contribution is 5.90. The molecule has 0 aromatic heterocycles. The molecule has 2 saturated carbocycles. The molecule has 260 valence electrons. The molecule has 4 rings (SSSR count). The third kappa shape index (κ3) is 7.52. The fraction of sp³-hybridized carbons (Fsp3) is 0.923. The predicted molar refractivity (Wildman–Crippen MR) is 154 cm³/mol. The van der Waals surface area contributed by atoms with Crippen LogP contribution >= 0.6 is 0 Å². The lowest BCUT2D eigenvalue weighted by molar-refractivity contribution is -0.330. The Balaban J connectivity index is 1.56. The van der Waals surface area contributed by atoms with Crippen molar-refractivity contribution in [3.05, 3.63) is 0 Å². The molecule has 0 spiro atoms. The largest absolute Gasteiger partial charge is 0.388 e. The number of nitrogens with one attached hydrogen (secondary N) is 3. The van der Waals surface area contributed by atoms with E-state index in [0.29, 0.717) is 6.54 Å². The minimum atomic E-state index is -1.92. The summed E-state index contributed by atoms with van der Waals surface area (Å²) in [4.78, 5) is 17.0. The zero-order chi connectivity index (χ0) is 33.4.